The molecule has 38 heavy (non-hydrogen) atoms. The van der Waals surface area contributed by atoms with Crippen LogP contribution in [0.5, 0.6) is 5.75 Å². The Hall–Kier alpha value is -4.07. The molecule has 0 saturated heterocycles. The van der Waals surface area contributed by atoms with E-state index >= 15 is 0 Å². The number of allylic oxidation sites excluding steroid dienone is 1. The third-order valence-corrected chi connectivity index (χ3v) is 5.86. The minimum Gasteiger partial charge on any atom is -0.457 e. The second-order valence-corrected chi connectivity index (χ2v) is 10.3. The average Bonchev–Trinajstić information content (AvgIpc) is 3.21. The molecular formula is C30H33NO7. The molecule has 1 aliphatic rings. The molecular weight excluding hydrogens is 486 g/mol. The lowest BCUT2D eigenvalue weighted by atomic mass is 9.97. The second kappa shape index (κ2) is 12.9. The van der Waals surface area contributed by atoms with Crippen molar-refractivity contribution in [2.45, 2.75) is 65.4 Å². The van der Waals surface area contributed by atoms with Gasteiger partial charge in [0, 0.05) is 36.1 Å². The first-order chi connectivity index (χ1) is 18.0. The standard InChI is InChI=1S/C30H33NO7/c1-30(2,3)29(36)38-25-18-21(26(33)19-25)17-23(32)11-7-8-12-27(34)37-24-15-13-22(14-16-24)31-28(35)20-9-5-4-6-10-20/h4-6,9-10,13-16,18,25H,7-8,11-12,17,19H2,1-3H3,(H,31,35). The van der Waals surface area contributed by atoms with E-state index in [1.165, 1.54) is 0 Å². The van der Waals surface area contributed by atoms with Gasteiger partial charge in [0.15, 0.2) is 5.78 Å². The largest absolute Gasteiger partial charge is 0.457 e. The molecule has 200 valence electrons. The number of ether oxygens (including phenoxy) is 2. The van der Waals surface area contributed by atoms with Crippen molar-refractivity contribution in [2.24, 2.45) is 5.41 Å². The third kappa shape index (κ3) is 8.80. The molecule has 0 saturated carbocycles. The van der Waals surface area contributed by atoms with Crippen molar-refractivity contribution in [2.75, 3.05) is 5.32 Å². The maximum Gasteiger partial charge on any atom is 0.311 e. The number of nitrogens with one attached hydrogen (secondary N) is 1. The molecule has 0 aromatic heterocycles. The molecule has 0 radical (unpaired) electrons. The van der Waals surface area contributed by atoms with Crippen LogP contribution in [0.4, 0.5) is 5.69 Å². The second-order valence-electron chi connectivity index (χ2n) is 10.3. The van der Waals surface area contributed by atoms with Gasteiger partial charge in [0.25, 0.3) is 5.91 Å². The van der Waals surface area contributed by atoms with Gasteiger partial charge in [-0.25, -0.2) is 0 Å². The quantitative estimate of drug-likeness (QED) is 0.246. The van der Waals surface area contributed by atoms with Crippen LogP contribution in [0.25, 0.3) is 0 Å². The van der Waals surface area contributed by atoms with E-state index in [1.807, 2.05) is 6.07 Å². The van der Waals surface area contributed by atoms with Crippen LogP contribution in [0.1, 0.15) is 69.7 Å². The number of benzene rings is 2. The molecule has 2 aromatic carbocycles. The fourth-order valence-corrected chi connectivity index (χ4v) is 3.71. The number of anilines is 1. The SMILES string of the molecule is CC(C)(C)C(=O)OC1C=C(CC(=O)CCCCC(=O)Oc2ccc(NC(=O)c3ccccc3)cc2)C(=O)C1. The topological polar surface area (TPSA) is 116 Å². The van der Waals surface area contributed by atoms with Gasteiger partial charge in [-0.1, -0.05) is 18.2 Å². The summed E-state index contributed by atoms with van der Waals surface area (Å²) in [7, 11) is 0. The Kier molecular flexibility index (Phi) is 9.71. The smallest absolute Gasteiger partial charge is 0.311 e. The molecule has 1 N–H and O–H groups in total. The number of unbranched alkanes of at least 4 members (excludes halogenated alkanes) is 1. The average molecular weight is 520 g/mol. The van der Waals surface area contributed by atoms with Gasteiger partial charge in [0.2, 0.25) is 0 Å². The van der Waals surface area contributed by atoms with E-state index in [2.05, 4.69) is 5.32 Å². The van der Waals surface area contributed by atoms with Crippen LogP contribution in [0, 0.1) is 5.41 Å². The van der Waals surface area contributed by atoms with Gasteiger partial charge in [-0.2, -0.15) is 0 Å². The monoisotopic (exact) mass is 519 g/mol. The first-order valence-electron chi connectivity index (χ1n) is 12.6. The van der Waals surface area contributed by atoms with Crippen LogP contribution in [-0.2, 0) is 23.9 Å². The summed E-state index contributed by atoms with van der Waals surface area (Å²) in [6, 6.07) is 15.3. The Morgan fingerprint density at radius 2 is 1.58 bits per heavy atom. The van der Waals surface area contributed by atoms with Crippen molar-refractivity contribution in [3.8, 4) is 5.75 Å². The van der Waals surface area contributed by atoms with E-state index in [1.54, 1.807) is 75.4 Å². The normalized spacial score (nSPS) is 15.0. The molecule has 0 fully saturated rings. The predicted octanol–water partition coefficient (Wildman–Crippen LogP) is 5.22. The van der Waals surface area contributed by atoms with Gasteiger partial charge in [0.05, 0.1) is 11.8 Å². The summed E-state index contributed by atoms with van der Waals surface area (Å²) < 4.78 is 10.7. The highest BCUT2D eigenvalue weighted by atomic mass is 16.5. The molecule has 1 unspecified atom stereocenters. The van der Waals surface area contributed by atoms with E-state index in [9.17, 15) is 24.0 Å². The minimum absolute atomic E-state index is 0.00000746. The Labute approximate surface area is 222 Å². The molecule has 2 aromatic rings. The van der Waals surface area contributed by atoms with E-state index in [-0.39, 0.29) is 43.2 Å². The summed E-state index contributed by atoms with van der Waals surface area (Å²) in [4.78, 5) is 60.9. The van der Waals surface area contributed by atoms with Crippen molar-refractivity contribution < 1.29 is 33.4 Å². The Morgan fingerprint density at radius 3 is 2.24 bits per heavy atom. The highest BCUT2D eigenvalue weighted by molar-refractivity contribution is 6.04. The van der Waals surface area contributed by atoms with Crippen molar-refractivity contribution in [3.63, 3.8) is 0 Å². The molecule has 0 bridgehead atoms. The highest BCUT2D eigenvalue weighted by Crippen LogP contribution is 2.25. The number of Topliss-reactive ketones (excluding diaryl/α,β-unsaturated/α-hetero) is 2. The number of carbonyl (C=O) groups excluding carboxylic acids is 5. The lowest BCUT2D eigenvalue weighted by molar-refractivity contribution is -0.156. The molecule has 0 aliphatic heterocycles. The summed E-state index contributed by atoms with van der Waals surface area (Å²) >= 11 is 0. The maximum absolute atomic E-state index is 12.3. The highest BCUT2D eigenvalue weighted by Gasteiger charge is 2.31. The third-order valence-electron chi connectivity index (χ3n) is 5.86. The van der Waals surface area contributed by atoms with Crippen LogP contribution in [0.15, 0.2) is 66.2 Å². The van der Waals surface area contributed by atoms with Gasteiger partial charge in [0.1, 0.15) is 17.6 Å². The van der Waals surface area contributed by atoms with Crippen LogP contribution < -0.4 is 10.1 Å². The van der Waals surface area contributed by atoms with E-state index in [4.69, 9.17) is 9.47 Å². The Bertz CT molecular complexity index is 1210. The van der Waals surface area contributed by atoms with Crippen LogP contribution in [0.2, 0.25) is 0 Å². The number of amides is 1. The fourth-order valence-electron chi connectivity index (χ4n) is 3.71. The van der Waals surface area contributed by atoms with Crippen molar-refractivity contribution in [1.29, 1.82) is 0 Å². The van der Waals surface area contributed by atoms with Gasteiger partial charge >= 0.3 is 11.9 Å². The molecule has 3 rings (SSSR count). The molecule has 1 aliphatic carbocycles. The van der Waals surface area contributed by atoms with E-state index in [0.717, 1.165) is 0 Å². The Morgan fingerprint density at radius 1 is 0.921 bits per heavy atom. The minimum atomic E-state index is -0.666. The summed E-state index contributed by atoms with van der Waals surface area (Å²) in [6.45, 7) is 5.21. The van der Waals surface area contributed by atoms with Crippen molar-refractivity contribution >= 4 is 35.1 Å². The lowest BCUT2D eigenvalue weighted by Crippen LogP contribution is -2.27. The lowest BCUT2D eigenvalue weighted by Gasteiger charge is -2.19. The molecule has 8 heteroatoms. The predicted molar refractivity (Wildman–Crippen MR) is 142 cm³/mol. The zero-order valence-corrected chi connectivity index (χ0v) is 22.0. The Balaban J connectivity index is 1.35. The van der Waals surface area contributed by atoms with Gasteiger partial charge in [-0.05, 0) is 76.1 Å². The molecule has 0 spiro atoms. The zero-order chi connectivity index (χ0) is 27.7. The molecule has 0 heterocycles. The van der Waals surface area contributed by atoms with Crippen LogP contribution in [0.3, 0.4) is 0 Å². The molecule has 1 atom stereocenters. The first-order valence-corrected chi connectivity index (χ1v) is 12.6. The number of rotatable bonds is 11. The fraction of sp³-hybridized carbons (Fsp3) is 0.367. The number of hydrogen-bond acceptors (Lipinski definition) is 7. The summed E-state index contributed by atoms with van der Waals surface area (Å²) in [5.41, 5.74) is 0.829. The number of ketones is 2. The number of esters is 2. The van der Waals surface area contributed by atoms with E-state index in [0.29, 0.717) is 35.4 Å². The summed E-state index contributed by atoms with van der Waals surface area (Å²) in [5.74, 6) is -0.972. The number of hydrogen-bond donors (Lipinski definition) is 1. The van der Waals surface area contributed by atoms with Crippen molar-refractivity contribution in [1.82, 2.24) is 0 Å². The summed E-state index contributed by atoms with van der Waals surface area (Å²) in [6.07, 6.45) is 2.35. The van der Waals surface area contributed by atoms with Crippen molar-refractivity contribution in [3.05, 3.63) is 71.8 Å². The van der Waals surface area contributed by atoms with E-state index < -0.39 is 23.5 Å². The maximum atomic E-state index is 12.3. The van der Waals surface area contributed by atoms with Gasteiger partial charge < -0.3 is 14.8 Å². The zero-order valence-electron chi connectivity index (χ0n) is 22.0. The van der Waals surface area contributed by atoms with Crippen LogP contribution >= 0.6 is 0 Å². The van der Waals surface area contributed by atoms with Gasteiger partial charge in [-0.3, -0.25) is 24.0 Å². The van der Waals surface area contributed by atoms with Crippen LogP contribution in [-0.4, -0.2) is 35.5 Å². The molecule has 8 nitrogen and oxygen atoms in total. The number of carbonyl (C=O) groups is 5. The summed E-state index contributed by atoms with van der Waals surface area (Å²) in [5, 5.41) is 2.78. The first kappa shape index (κ1) is 28.5. The van der Waals surface area contributed by atoms with Gasteiger partial charge in [-0.15, -0.1) is 0 Å². The molecule has 1 amide bonds.